The molecule has 0 spiro atoms. The van der Waals surface area contributed by atoms with Gasteiger partial charge in [0.15, 0.2) is 5.96 Å². The predicted molar refractivity (Wildman–Crippen MR) is 123 cm³/mol. The van der Waals surface area contributed by atoms with Gasteiger partial charge in [0.1, 0.15) is 5.82 Å². The lowest BCUT2D eigenvalue weighted by molar-refractivity contribution is 0.454. The molecule has 28 heavy (non-hydrogen) atoms. The van der Waals surface area contributed by atoms with Crippen molar-refractivity contribution in [1.82, 2.24) is 20.0 Å². The van der Waals surface area contributed by atoms with Crippen LogP contribution in [0.3, 0.4) is 0 Å². The number of halogens is 3. The third-order valence-electron chi connectivity index (χ3n) is 5.24. The summed E-state index contributed by atoms with van der Waals surface area (Å²) in [5.74, 6) is 1.03. The molecule has 5 nitrogen and oxygen atoms in total. The van der Waals surface area contributed by atoms with E-state index in [4.69, 9.17) is 11.6 Å². The van der Waals surface area contributed by atoms with Crippen molar-refractivity contribution in [2.24, 2.45) is 12.0 Å². The third kappa shape index (κ3) is 5.17. The van der Waals surface area contributed by atoms with Crippen LogP contribution in [-0.4, -0.2) is 47.3 Å². The normalized spacial score (nSPS) is 17.6. The number of benzene rings is 1. The molecule has 154 valence electrons. The molecule has 0 amide bonds. The number of aryl methyl sites for hydroxylation is 1. The maximum Gasteiger partial charge on any atom is 0.193 e. The van der Waals surface area contributed by atoms with E-state index in [2.05, 4.69) is 40.4 Å². The standard InChI is InChI=1S/C20H27ClFN5.HI/c1-20(2,17-6-5-16(22)9-18(17)21)13-24-19(23-3)27-8-7-14(12-27)15-10-25-26(4)11-15;/h5-6,9-11,14H,7-8,12-13H2,1-4H3,(H,23,24);1H. The molecule has 0 bridgehead atoms. The maximum atomic E-state index is 13.4. The third-order valence-corrected chi connectivity index (χ3v) is 5.56. The van der Waals surface area contributed by atoms with Gasteiger partial charge >= 0.3 is 0 Å². The van der Waals surface area contributed by atoms with Crippen LogP contribution < -0.4 is 5.32 Å². The lowest BCUT2D eigenvalue weighted by atomic mass is 9.84. The molecule has 0 aliphatic carbocycles. The minimum atomic E-state index is -0.318. The molecule has 1 aliphatic heterocycles. The molecule has 1 atom stereocenters. The van der Waals surface area contributed by atoms with Crippen LogP contribution in [0.25, 0.3) is 0 Å². The van der Waals surface area contributed by atoms with E-state index in [9.17, 15) is 4.39 Å². The average molecular weight is 520 g/mol. The minimum Gasteiger partial charge on any atom is -0.355 e. The van der Waals surface area contributed by atoms with Crippen molar-refractivity contribution in [3.63, 3.8) is 0 Å². The second kappa shape index (κ2) is 9.43. The molecule has 0 radical (unpaired) electrons. The fourth-order valence-electron chi connectivity index (χ4n) is 3.64. The second-order valence-electron chi connectivity index (χ2n) is 7.79. The van der Waals surface area contributed by atoms with Gasteiger partial charge in [0.2, 0.25) is 0 Å². The summed E-state index contributed by atoms with van der Waals surface area (Å²) in [5, 5.41) is 8.21. The summed E-state index contributed by atoms with van der Waals surface area (Å²) in [7, 11) is 3.75. The first kappa shape index (κ1) is 22.9. The summed E-state index contributed by atoms with van der Waals surface area (Å²) in [5.41, 5.74) is 1.93. The van der Waals surface area contributed by atoms with Gasteiger partial charge in [-0.25, -0.2) is 4.39 Å². The van der Waals surface area contributed by atoms with Gasteiger partial charge in [0.05, 0.1) is 6.20 Å². The number of aliphatic imine (C=N–C) groups is 1. The number of nitrogens with one attached hydrogen (secondary N) is 1. The zero-order chi connectivity index (χ0) is 19.6. The van der Waals surface area contributed by atoms with Crippen molar-refractivity contribution in [2.45, 2.75) is 31.6 Å². The fourth-order valence-corrected chi connectivity index (χ4v) is 4.06. The molecule has 2 heterocycles. The molecule has 0 saturated carbocycles. The van der Waals surface area contributed by atoms with E-state index in [0.717, 1.165) is 31.0 Å². The molecule has 3 rings (SSSR count). The van der Waals surface area contributed by atoms with Crippen molar-refractivity contribution in [3.05, 3.63) is 52.6 Å². The van der Waals surface area contributed by atoms with Crippen LogP contribution in [0.5, 0.6) is 0 Å². The Morgan fingerprint density at radius 1 is 1.43 bits per heavy atom. The van der Waals surface area contributed by atoms with E-state index < -0.39 is 0 Å². The van der Waals surface area contributed by atoms with E-state index in [1.165, 1.54) is 17.7 Å². The number of hydrogen-bond acceptors (Lipinski definition) is 2. The first-order valence-electron chi connectivity index (χ1n) is 9.20. The second-order valence-corrected chi connectivity index (χ2v) is 8.19. The molecule has 1 fully saturated rings. The van der Waals surface area contributed by atoms with E-state index in [0.29, 0.717) is 17.5 Å². The highest BCUT2D eigenvalue weighted by molar-refractivity contribution is 14.0. The Hall–Kier alpha value is -1.35. The van der Waals surface area contributed by atoms with E-state index >= 15 is 0 Å². The molecule has 2 aromatic rings. The predicted octanol–water partition coefficient (Wildman–Crippen LogP) is 4.17. The number of hydrogen-bond donors (Lipinski definition) is 1. The summed E-state index contributed by atoms with van der Waals surface area (Å²) in [6.45, 7) is 6.71. The molecule has 1 saturated heterocycles. The lowest BCUT2D eigenvalue weighted by Gasteiger charge is -2.30. The number of nitrogens with zero attached hydrogens (tertiary/aromatic N) is 4. The number of likely N-dealkylation sites (tertiary alicyclic amines) is 1. The Morgan fingerprint density at radius 2 is 2.18 bits per heavy atom. The Balaban J connectivity index is 0.00000280. The Kier molecular flexibility index (Phi) is 7.73. The smallest absolute Gasteiger partial charge is 0.193 e. The monoisotopic (exact) mass is 519 g/mol. The van der Waals surface area contributed by atoms with Crippen LogP contribution in [-0.2, 0) is 12.5 Å². The van der Waals surface area contributed by atoms with Gasteiger partial charge in [0, 0.05) is 56.3 Å². The van der Waals surface area contributed by atoms with E-state index in [1.807, 2.05) is 17.9 Å². The minimum absolute atomic E-state index is 0. The number of rotatable bonds is 4. The molecular weight excluding hydrogens is 492 g/mol. The first-order valence-corrected chi connectivity index (χ1v) is 9.57. The van der Waals surface area contributed by atoms with Crippen LogP contribution in [0.15, 0.2) is 35.6 Å². The van der Waals surface area contributed by atoms with Crippen molar-refractivity contribution in [2.75, 3.05) is 26.7 Å². The van der Waals surface area contributed by atoms with Gasteiger partial charge in [-0.2, -0.15) is 5.10 Å². The van der Waals surface area contributed by atoms with Crippen molar-refractivity contribution < 1.29 is 4.39 Å². The molecule has 1 aromatic carbocycles. The zero-order valence-electron chi connectivity index (χ0n) is 16.7. The molecule has 1 aromatic heterocycles. The van der Waals surface area contributed by atoms with Gasteiger partial charge in [-0.15, -0.1) is 24.0 Å². The van der Waals surface area contributed by atoms with Gasteiger partial charge in [0.25, 0.3) is 0 Å². The van der Waals surface area contributed by atoms with Crippen LogP contribution in [0.4, 0.5) is 4.39 Å². The van der Waals surface area contributed by atoms with Crippen molar-refractivity contribution in [3.8, 4) is 0 Å². The van der Waals surface area contributed by atoms with Gasteiger partial charge in [-0.1, -0.05) is 31.5 Å². The highest BCUT2D eigenvalue weighted by atomic mass is 127. The van der Waals surface area contributed by atoms with Crippen LogP contribution in [0.2, 0.25) is 5.02 Å². The SMILES string of the molecule is CN=C(NCC(C)(C)c1ccc(F)cc1Cl)N1CCC(c2cnn(C)c2)C1.I. The summed E-state index contributed by atoms with van der Waals surface area (Å²) in [6.07, 6.45) is 5.12. The molecule has 8 heteroatoms. The summed E-state index contributed by atoms with van der Waals surface area (Å²) in [4.78, 5) is 6.73. The quantitative estimate of drug-likeness (QED) is 0.375. The maximum absolute atomic E-state index is 13.4. The van der Waals surface area contributed by atoms with Gasteiger partial charge in [-0.3, -0.25) is 9.67 Å². The fraction of sp³-hybridized carbons (Fsp3) is 0.500. The summed E-state index contributed by atoms with van der Waals surface area (Å²) < 4.78 is 15.2. The van der Waals surface area contributed by atoms with Gasteiger partial charge < -0.3 is 10.2 Å². The molecular formula is C20H28ClFIN5. The van der Waals surface area contributed by atoms with E-state index in [-0.39, 0.29) is 35.2 Å². The van der Waals surface area contributed by atoms with Crippen LogP contribution in [0, 0.1) is 5.82 Å². The lowest BCUT2D eigenvalue weighted by Crippen LogP contribution is -2.45. The Bertz CT molecular complexity index is 836. The topological polar surface area (TPSA) is 45.5 Å². The van der Waals surface area contributed by atoms with Gasteiger partial charge in [-0.05, 0) is 29.7 Å². The average Bonchev–Trinajstić information content (AvgIpc) is 3.24. The highest BCUT2D eigenvalue weighted by Gasteiger charge is 2.29. The molecule has 1 aliphatic rings. The Labute approximate surface area is 188 Å². The van der Waals surface area contributed by atoms with Crippen molar-refractivity contribution in [1.29, 1.82) is 0 Å². The zero-order valence-corrected chi connectivity index (χ0v) is 19.8. The number of guanidine groups is 1. The molecule has 1 N–H and O–H groups in total. The highest BCUT2D eigenvalue weighted by Crippen LogP contribution is 2.30. The first-order chi connectivity index (χ1) is 12.8. The van der Waals surface area contributed by atoms with Crippen molar-refractivity contribution >= 4 is 41.5 Å². The van der Waals surface area contributed by atoms with Crippen LogP contribution in [0.1, 0.15) is 37.3 Å². The molecule has 1 unspecified atom stereocenters. The van der Waals surface area contributed by atoms with E-state index in [1.54, 1.807) is 13.1 Å². The summed E-state index contributed by atoms with van der Waals surface area (Å²) in [6, 6.07) is 4.58. The largest absolute Gasteiger partial charge is 0.355 e. The Morgan fingerprint density at radius 3 is 2.79 bits per heavy atom. The van der Waals surface area contributed by atoms with Crippen LogP contribution >= 0.6 is 35.6 Å². The summed E-state index contributed by atoms with van der Waals surface area (Å²) >= 11 is 6.26. The number of aromatic nitrogens is 2.